The fraction of sp³-hybridized carbons (Fsp3) is 0.227. The van der Waals surface area contributed by atoms with E-state index in [1.807, 2.05) is 0 Å². The van der Waals surface area contributed by atoms with Crippen LogP contribution in [-0.4, -0.2) is 34.8 Å². The summed E-state index contributed by atoms with van der Waals surface area (Å²) >= 11 is 5.68. The summed E-state index contributed by atoms with van der Waals surface area (Å²) in [5.74, 6) is -2.99. The van der Waals surface area contributed by atoms with Crippen LogP contribution in [0, 0.1) is 17.5 Å². The van der Waals surface area contributed by atoms with Gasteiger partial charge in [0, 0.05) is 36.4 Å². The van der Waals surface area contributed by atoms with Crippen LogP contribution in [0.25, 0.3) is 11.3 Å². The van der Waals surface area contributed by atoms with Crippen LogP contribution in [0.15, 0.2) is 42.6 Å². The van der Waals surface area contributed by atoms with Crippen LogP contribution in [0.2, 0.25) is 5.02 Å². The number of hydrogen-bond donors (Lipinski definition) is 2. The van der Waals surface area contributed by atoms with Crippen LogP contribution in [0.3, 0.4) is 0 Å². The lowest BCUT2D eigenvalue weighted by Crippen LogP contribution is -2.38. The summed E-state index contributed by atoms with van der Waals surface area (Å²) < 4.78 is 44.6. The van der Waals surface area contributed by atoms with Gasteiger partial charge in [0.25, 0.3) is 0 Å². The second kappa shape index (κ2) is 10.4. The van der Waals surface area contributed by atoms with Gasteiger partial charge in [-0.3, -0.25) is 9.48 Å². The molecule has 0 aliphatic carbocycles. The Balaban J connectivity index is 1.62. The Morgan fingerprint density at radius 2 is 1.97 bits per heavy atom. The summed E-state index contributed by atoms with van der Waals surface area (Å²) in [6.07, 6.45) is 2.21. The molecular weight excluding hydrogens is 459 g/mol. The number of aromatic nitrogens is 2. The number of hydrogen-bond acceptors (Lipinski definition) is 3. The lowest BCUT2D eigenvalue weighted by atomic mass is 10.1. The normalized spacial score (nSPS) is 11.7. The van der Waals surface area contributed by atoms with Crippen molar-refractivity contribution in [1.82, 2.24) is 15.1 Å². The van der Waals surface area contributed by atoms with Crippen LogP contribution in [-0.2, 0) is 11.8 Å². The van der Waals surface area contributed by atoms with E-state index in [9.17, 15) is 22.8 Å². The van der Waals surface area contributed by atoms with E-state index in [0.717, 1.165) is 11.0 Å². The third kappa shape index (κ3) is 5.83. The SMILES string of the molecule is CC(CCN(C=O)c1ccc(-c2ccn(C)n2)c(F)c1F)NC(=O)Nc1ccc(Cl)cc1F. The lowest BCUT2D eigenvalue weighted by Gasteiger charge is -2.22. The first-order valence-corrected chi connectivity index (χ1v) is 10.3. The highest BCUT2D eigenvalue weighted by molar-refractivity contribution is 6.30. The monoisotopic (exact) mass is 479 g/mol. The molecule has 3 amide bonds. The average molecular weight is 480 g/mol. The summed E-state index contributed by atoms with van der Waals surface area (Å²) in [5, 5.41) is 9.19. The Labute approximate surface area is 193 Å². The molecule has 0 saturated carbocycles. The molecule has 11 heteroatoms. The largest absolute Gasteiger partial charge is 0.335 e. The molecule has 7 nitrogen and oxygen atoms in total. The molecule has 0 bridgehead atoms. The van der Waals surface area contributed by atoms with Crippen molar-refractivity contribution >= 4 is 35.4 Å². The maximum Gasteiger partial charge on any atom is 0.319 e. The standard InChI is InChI=1S/C22H21ClF3N5O2/c1-13(27-22(33)28-18-5-3-14(23)11-16(18)24)7-10-31(12-32)19-6-4-15(20(25)21(19)26)17-8-9-30(2)29-17/h3-6,8-9,11-13H,7,10H2,1-2H3,(H2,27,28,33). The summed E-state index contributed by atoms with van der Waals surface area (Å²) in [7, 11) is 1.65. The molecule has 3 aromatic rings. The van der Waals surface area contributed by atoms with Crippen molar-refractivity contribution in [2.45, 2.75) is 19.4 Å². The molecule has 174 valence electrons. The van der Waals surface area contributed by atoms with Gasteiger partial charge in [0.15, 0.2) is 11.6 Å². The number of nitrogens with zero attached hydrogens (tertiary/aromatic N) is 3. The Bertz CT molecular complexity index is 1170. The molecule has 1 unspecified atom stereocenters. The van der Waals surface area contributed by atoms with E-state index in [2.05, 4.69) is 15.7 Å². The van der Waals surface area contributed by atoms with Gasteiger partial charge in [-0.25, -0.2) is 18.0 Å². The van der Waals surface area contributed by atoms with Crippen molar-refractivity contribution in [3.8, 4) is 11.3 Å². The minimum atomic E-state index is -1.18. The van der Waals surface area contributed by atoms with Gasteiger partial charge in [0.1, 0.15) is 5.82 Å². The second-order valence-corrected chi connectivity index (χ2v) is 7.78. The molecular formula is C22H21ClF3N5O2. The molecule has 0 saturated heterocycles. The number of nitrogens with one attached hydrogen (secondary N) is 2. The zero-order valence-corrected chi connectivity index (χ0v) is 18.5. The van der Waals surface area contributed by atoms with Gasteiger partial charge in [0.05, 0.1) is 17.1 Å². The topological polar surface area (TPSA) is 79.3 Å². The first-order chi connectivity index (χ1) is 15.7. The number of carbonyl (C=O) groups is 2. The average Bonchev–Trinajstić information content (AvgIpc) is 3.19. The summed E-state index contributed by atoms with van der Waals surface area (Å²) in [6, 6.07) is 6.87. The molecule has 0 radical (unpaired) electrons. The van der Waals surface area contributed by atoms with Gasteiger partial charge in [0.2, 0.25) is 6.41 Å². The van der Waals surface area contributed by atoms with Crippen LogP contribution < -0.4 is 15.5 Å². The summed E-state index contributed by atoms with van der Waals surface area (Å²) in [4.78, 5) is 24.6. The molecule has 2 aromatic carbocycles. The second-order valence-electron chi connectivity index (χ2n) is 7.35. The predicted molar refractivity (Wildman–Crippen MR) is 120 cm³/mol. The number of halogens is 4. The predicted octanol–water partition coefficient (Wildman–Crippen LogP) is 4.72. The number of carbonyl (C=O) groups excluding carboxylic acids is 2. The molecule has 33 heavy (non-hydrogen) atoms. The lowest BCUT2D eigenvalue weighted by molar-refractivity contribution is -0.107. The zero-order chi connectivity index (χ0) is 24.1. The molecule has 0 aliphatic rings. The van der Waals surface area contributed by atoms with Crippen molar-refractivity contribution in [3.63, 3.8) is 0 Å². The number of rotatable bonds is 8. The zero-order valence-electron chi connectivity index (χ0n) is 17.8. The summed E-state index contributed by atoms with van der Waals surface area (Å²) in [5.41, 5.74) is -0.0471. The smallest absolute Gasteiger partial charge is 0.319 e. The van der Waals surface area contributed by atoms with Gasteiger partial charge < -0.3 is 15.5 Å². The van der Waals surface area contributed by atoms with Crippen molar-refractivity contribution in [1.29, 1.82) is 0 Å². The first-order valence-electron chi connectivity index (χ1n) is 9.92. The van der Waals surface area contributed by atoms with Gasteiger partial charge in [-0.1, -0.05) is 11.6 Å². The fourth-order valence-corrected chi connectivity index (χ4v) is 3.28. The van der Waals surface area contributed by atoms with E-state index in [0.29, 0.717) is 6.41 Å². The molecule has 1 heterocycles. The molecule has 0 spiro atoms. The Kier molecular flexibility index (Phi) is 7.59. The van der Waals surface area contributed by atoms with Crippen LogP contribution in [0.4, 0.5) is 29.3 Å². The highest BCUT2D eigenvalue weighted by Crippen LogP contribution is 2.29. The van der Waals surface area contributed by atoms with E-state index in [1.165, 1.54) is 28.9 Å². The van der Waals surface area contributed by atoms with Crippen LogP contribution >= 0.6 is 11.6 Å². The van der Waals surface area contributed by atoms with Crippen LogP contribution in [0.1, 0.15) is 13.3 Å². The number of benzene rings is 2. The number of anilines is 2. The van der Waals surface area contributed by atoms with E-state index >= 15 is 0 Å². The van der Waals surface area contributed by atoms with Crippen molar-refractivity contribution in [2.75, 3.05) is 16.8 Å². The van der Waals surface area contributed by atoms with E-state index in [1.54, 1.807) is 26.2 Å². The Morgan fingerprint density at radius 3 is 2.61 bits per heavy atom. The quantitative estimate of drug-likeness (QED) is 0.459. The highest BCUT2D eigenvalue weighted by Gasteiger charge is 2.20. The van der Waals surface area contributed by atoms with Crippen LogP contribution in [0.5, 0.6) is 0 Å². The Morgan fingerprint density at radius 1 is 1.21 bits per heavy atom. The number of aryl methyl sites for hydroxylation is 1. The molecule has 1 atom stereocenters. The van der Waals surface area contributed by atoms with Gasteiger partial charge in [-0.15, -0.1) is 0 Å². The van der Waals surface area contributed by atoms with Crippen molar-refractivity contribution in [3.05, 3.63) is 65.1 Å². The number of urea groups is 1. The van der Waals surface area contributed by atoms with Gasteiger partial charge in [-0.05, 0) is 49.7 Å². The molecule has 2 N–H and O–H groups in total. The maximum atomic E-state index is 14.7. The van der Waals surface area contributed by atoms with E-state index in [-0.39, 0.29) is 40.6 Å². The minimum Gasteiger partial charge on any atom is -0.335 e. The molecule has 1 aromatic heterocycles. The molecule has 3 rings (SSSR count). The first kappa shape index (κ1) is 24.1. The highest BCUT2D eigenvalue weighted by atomic mass is 35.5. The van der Waals surface area contributed by atoms with Gasteiger partial charge in [-0.2, -0.15) is 5.10 Å². The molecule has 0 fully saturated rings. The van der Waals surface area contributed by atoms with E-state index < -0.39 is 29.5 Å². The minimum absolute atomic E-state index is 0.000450. The maximum absolute atomic E-state index is 14.7. The third-order valence-electron chi connectivity index (χ3n) is 4.85. The Hall–Kier alpha value is -3.53. The third-order valence-corrected chi connectivity index (χ3v) is 5.08. The molecule has 0 aliphatic heterocycles. The van der Waals surface area contributed by atoms with Crippen molar-refractivity contribution in [2.24, 2.45) is 7.05 Å². The van der Waals surface area contributed by atoms with Gasteiger partial charge >= 0.3 is 6.03 Å². The van der Waals surface area contributed by atoms with E-state index in [4.69, 9.17) is 11.6 Å². The summed E-state index contributed by atoms with van der Waals surface area (Å²) in [6.45, 7) is 1.65. The number of amides is 3. The van der Waals surface area contributed by atoms with Crippen molar-refractivity contribution < 1.29 is 22.8 Å². The fourth-order valence-electron chi connectivity index (χ4n) is 3.13.